The van der Waals surface area contributed by atoms with Crippen molar-refractivity contribution in [2.45, 2.75) is 6.92 Å². The van der Waals surface area contributed by atoms with Crippen molar-refractivity contribution in [3.8, 4) is 23.0 Å². The Morgan fingerprint density at radius 1 is 1.00 bits per heavy atom. The molecule has 2 aromatic carbocycles. The van der Waals surface area contributed by atoms with E-state index in [9.17, 15) is 9.59 Å². The molecule has 10 nitrogen and oxygen atoms in total. The molecule has 10 heteroatoms. The highest BCUT2D eigenvalue weighted by atomic mass is 16.5. The van der Waals surface area contributed by atoms with Gasteiger partial charge in [-0.2, -0.15) is 10.2 Å². The van der Waals surface area contributed by atoms with Gasteiger partial charge >= 0.3 is 5.97 Å². The molecule has 0 unspecified atom stereocenters. The molecule has 32 heavy (non-hydrogen) atoms. The van der Waals surface area contributed by atoms with Crippen molar-refractivity contribution >= 4 is 18.1 Å². The van der Waals surface area contributed by atoms with Crippen molar-refractivity contribution in [3.63, 3.8) is 0 Å². The number of rotatable bonds is 8. The van der Waals surface area contributed by atoms with E-state index in [-0.39, 0.29) is 11.3 Å². The van der Waals surface area contributed by atoms with Crippen molar-refractivity contribution in [1.29, 1.82) is 0 Å². The van der Waals surface area contributed by atoms with E-state index in [1.165, 1.54) is 39.7 Å². The summed E-state index contributed by atoms with van der Waals surface area (Å²) in [6.07, 6.45) is 1.46. The number of hydrogen-bond donors (Lipinski definition) is 2. The van der Waals surface area contributed by atoms with E-state index in [1.807, 2.05) is 0 Å². The highest BCUT2D eigenvalue weighted by Gasteiger charge is 2.18. The average Bonchev–Trinajstić information content (AvgIpc) is 3.25. The van der Waals surface area contributed by atoms with E-state index in [0.29, 0.717) is 28.6 Å². The lowest BCUT2D eigenvalue weighted by atomic mass is 10.2. The largest absolute Gasteiger partial charge is 0.493 e. The summed E-state index contributed by atoms with van der Waals surface area (Å²) in [5.41, 5.74) is 4.34. The molecule has 1 heterocycles. The summed E-state index contributed by atoms with van der Waals surface area (Å²) < 4.78 is 21.2. The number of aromatic amines is 1. The maximum Gasteiger partial charge on any atom is 0.343 e. The van der Waals surface area contributed by atoms with Crippen LogP contribution < -0.4 is 24.4 Å². The third-order valence-electron chi connectivity index (χ3n) is 4.31. The molecule has 1 aromatic heterocycles. The number of ether oxygens (including phenoxy) is 4. The number of nitrogens with one attached hydrogen (secondary N) is 2. The summed E-state index contributed by atoms with van der Waals surface area (Å²) >= 11 is 0. The number of carbonyl (C=O) groups excluding carboxylic acids is 2. The maximum absolute atomic E-state index is 12.6. The van der Waals surface area contributed by atoms with Crippen molar-refractivity contribution in [2.75, 3.05) is 21.3 Å². The molecule has 0 atom stereocenters. The lowest BCUT2D eigenvalue weighted by molar-refractivity contribution is 0.0733. The van der Waals surface area contributed by atoms with Gasteiger partial charge in [0.2, 0.25) is 5.75 Å². The Balaban J connectivity index is 1.64. The summed E-state index contributed by atoms with van der Waals surface area (Å²) in [4.78, 5) is 24.5. The van der Waals surface area contributed by atoms with Gasteiger partial charge in [-0.1, -0.05) is 0 Å². The molecule has 0 spiro atoms. The first kappa shape index (κ1) is 22.3. The van der Waals surface area contributed by atoms with Gasteiger partial charge in [-0.3, -0.25) is 9.89 Å². The molecular weight excluding hydrogens is 416 g/mol. The average molecular weight is 438 g/mol. The molecule has 3 aromatic rings. The fraction of sp³-hybridized carbons (Fsp3) is 0.182. The molecular formula is C22H22N4O6. The Morgan fingerprint density at radius 2 is 1.66 bits per heavy atom. The van der Waals surface area contributed by atoms with E-state index in [1.54, 1.807) is 37.3 Å². The minimum Gasteiger partial charge on any atom is -0.493 e. The lowest BCUT2D eigenvalue weighted by Crippen LogP contribution is -2.18. The normalized spacial score (nSPS) is 10.6. The van der Waals surface area contributed by atoms with Crippen molar-refractivity contribution in [1.82, 2.24) is 15.6 Å². The number of nitrogens with zero attached hydrogens (tertiary/aromatic N) is 2. The topological polar surface area (TPSA) is 124 Å². The minimum atomic E-state index is -0.591. The number of carbonyl (C=O) groups is 2. The number of amides is 1. The Hall–Kier alpha value is -4.34. The van der Waals surface area contributed by atoms with Gasteiger partial charge in [0.25, 0.3) is 5.91 Å². The minimum absolute atomic E-state index is 0.237. The van der Waals surface area contributed by atoms with Crippen molar-refractivity contribution in [2.24, 2.45) is 5.10 Å². The predicted octanol–water partition coefficient (Wildman–Crippen LogP) is 2.73. The van der Waals surface area contributed by atoms with Crippen LogP contribution in [0.25, 0.3) is 0 Å². The fourth-order valence-electron chi connectivity index (χ4n) is 2.74. The lowest BCUT2D eigenvalue weighted by Gasteiger charge is -2.13. The maximum atomic E-state index is 12.6. The number of hydrazone groups is 1. The third-order valence-corrected chi connectivity index (χ3v) is 4.31. The second-order valence-corrected chi connectivity index (χ2v) is 6.51. The first-order chi connectivity index (χ1) is 15.4. The van der Waals surface area contributed by atoms with Crippen LogP contribution >= 0.6 is 0 Å². The van der Waals surface area contributed by atoms with Crippen LogP contribution in [0.3, 0.4) is 0 Å². The van der Waals surface area contributed by atoms with Crippen molar-refractivity contribution in [3.05, 3.63) is 65.0 Å². The number of H-pyrrole nitrogens is 1. The van der Waals surface area contributed by atoms with Crippen LogP contribution in [0.1, 0.15) is 32.1 Å². The van der Waals surface area contributed by atoms with Gasteiger partial charge < -0.3 is 18.9 Å². The zero-order valence-electron chi connectivity index (χ0n) is 18.0. The molecule has 0 radical (unpaired) electrons. The second-order valence-electron chi connectivity index (χ2n) is 6.51. The van der Waals surface area contributed by atoms with E-state index < -0.39 is 11.9 Å². The molecule has 0 aliphatic heterocycles. The highest BCUT2D eigenvalue weighted by Crippen LogP contribution is 2.38. The number of aryl methyl sites for hydroxylation is 1. The third kappa shape index (κ3) is 5.22. The molecule has 0 saturated heterocycles. The standard InChI is InChI=1S/C22H22N4O6/c1-13-9-17(25-24-13)21(27)26-23-12-14-5-7-16(8-6-14)32-22(28)15-10-18(29-2)20(31-4)19(11-15)30-3/h5-12H,1-4H3,(H,24,25)(H,26,27)/b23-12-. The van der Waals surface area contributed by atoms with Gasteiger partial charge in [0.05, 0.1) is 33.1 Å². The van der Waals surface area contributed by atoms with E-state index in [4.69, 9.17) is 18.9 Å². The van der Waals surface area contributed by atoms with Gasteiger partial charge in [-0.05, 0) is 55.0 Å². The summed E-state index contributed by atoms with van der Waals surface area (Å²) in [5.74, 6) is 0.380. The van der Waals surface area contributed by atoms with E-state index in [2.05, 4.69) is 20.7 Å². The molecule has 0 fully saturated rings. The SMILES string of the molecule is COc1cc(C(=O)Oc2ccc(/C=N\NC(=O)c3cc(C)[nH]n3)cc2)cc(OC)c1OC. The number of methoxy groups -OCH3 is 3. The van der Waals surface area contributed by atoms with Crippen LogP contribution in [0.2, 0.25) is 0 Å². The smallest absolute Gasteiger partial charge is 0.343 e. The number of aromatic nitrogens is 2. The van der Waals surface area contributed by atoms with Gasteiger partial charge in [0.1, 0.15) is 5.75 Å². The van der Waals surface area contributed by atoms with Gasteiger partial charge in [0.15, 0.2) is 17.2 Å². The van der Waals surface area contributed by atoms with Gasteiger partial charge in [0, 0.05) is 5.69 Å². The first-order valence-electron chi connectivity index (χ1n) is 9.42. The predicted molar refractivity (Wildman–Crippen MR) is 116 cm³/mol. The van der Waals surface area contributed by atoms with Crippen LogP contribution in [0.5, 0.6) is 23.0 Å². The molecule has 0 bridgehead atoms. The van der Waals surface area contributed by atoms with Crippen molar-refractivity contribution < 1.29 is 28.5 Å². The molecule has 166 valence electrons. The van der Waals surface area contributed by atoms with Crippen LogP contribution in [0.4, 0.5) is 0 Å². The molecule has 0 aliphatic rings. The monoisotopic (exact) mass is 438 g/mol. The van der Waals surface area contributed by atoms with Crippen LogP contribution in [-0.4, -0.2) is 49.6 Å². The molecule has 1 amide bonds. The quantitative estimate of drug-likeness (QED) is 0.240. The Labute approximate surface area is 184 Å². The Bertz CT molecular complexity index is 1110. The summed E-state index contributed by atoms with van der Waals surface area (Å²) in [6, 6.07) is 11.2. The zero-order valence-corrected chi connectivity index (χ0v) is 18.0. The first-order valence-corrected chi connectivity index (χ1v) is 9.42. The highest BCUT2D eigenvalue weighted by molar-refractivity contribution is 5.94. The Morgan fingerprint density at radius 3 is 2.19 bits per heavy atom. The molecule has 0 saturated carbocycles. The molecule has 3 rings (SSSR count). The fourth-order valence-corrected chi connectivity index (χ4v) is 2.74. The number of esters is 1. The van der Waals surface area contributed by atoms with E-state index in [0.717, 1.165) is 5.69 Å². The summed E-state index contributed by atoms with van der Waals surface area (Å²) in [5, 5.41) is 10.4. The summed E-state index contributed by atoms with van der Waals surface area (Å²) in [6.45, 7) is 1.79. The van der Waals surface area contributed by atoms with Crippen LogP contribution in [0, 0.1) is 6.92 Å². The zero-order chi connectivity index (χ0) is 23.1. The molecule has 2 N–H and O–H groups in total. The number of benzene rings is 2. The van der Waals surface area contributed by atoms with Crippen LogP contribution in [0.15, 0.2) is 47.6 Å². The van der Waals surface area contributed by atoms with Gasteiger partial charge in [-0.25, -0.2) is 10.2 Å². The van der Waals surface area contributed by atoms with Crippen LogP contribution in [-0.2, 0) is 0 Å². The summed E-state index contributed by atoms with van der Waals surface area (Å²) in [7, 11) is 4.41. The Kier molecular flexibility index (Phi) is 7.06. The molecule has 0 aliphatic carbocycles. The van der Waals surface area contributed by atoms with E-state index >= 15 is 0 Å². The van der Waals surface area contributed by atoms with Gasteiger partial charge in [-0.15, -0.1) is 0 Å². The second kappa shape index (κ2) is 10.1. The number of hydrogen-bond acceptors (Lipinski definition) is 8.